The van der Waals surface area contributed by atoms with Crippen molar-refractivity contribution in [3.8, 4) is 6.07 Å². The molecule has 1 unspecified atom stereocenters. The highest BCUT2D eigenvalue weighted by Gasteiger charge is 2.30. The Balaban J connectivity index is 2.64. The zero-order valence-corrected chi connectivity index (χ0v) is 8.86. The molecule has 1 aliphatic heterocycles. The molecule has 2 amide bonds. The van der Waals surface area contributed by atoms with E-state index >= 15 is 0 Å². The van der Waals surface area contributed by atoms with Crippen LogP contribution in [-0.4, -0.2) is 41.5 Å². The first-order valence-electron chi connectivity index (χ1n) is 5.19. The van der Waals surface area contributed by atoms with Gasteiger partial charge in [-0.05, 0) is 26.7 Å². The summed E-state index contributed by atoms with van der Waals surface area (Å²) in [5.41, 5.74) is 0. The lowest BCUT2D eigenvalue weighted by Gasteiger charge is -2.27. The van der Waals surface area contributed by atoms with Crippen LogP contribution in [0.5, 0.6) is 0 Å². The van der Waals surface area contributed by atoms with Gasteiger partial charge in [0.25, 0.3) is 0 Å². The van der Waals surface area contributed by atoms with Crippen molar-refractivity contribution in [1.82, 2.24) is 9.80 Å². The van der Waals surface area contributed by atoms with Crippen LogP contribution in [0.25, 0.3) is 0 Å². The van der Waals surface area contributed by atoms with Crippen LogP contribution in [0.15, 0.2) is 0 Å². The van der Waals surface area contributed by atoms with Crippen LogP contribution in [0, 0.1) is 11.3 Å². The monoisotopic (exact) mass is 195 g/mol. The average molecular weight is 195 g/mol. The third-order valence-corrected chi connectivity index (χ3v) is 2.68. The minimum Gasteiger partial charge on any atom is -0.325 e. The number of carbonyl (C=O) groups excluding carboxylic acids is 1. The Morgan fingerprint density at radius 3 is 2.71 bits per heavy atom. The van der Waals surface area contributed by atoms with Gasteiger partial charge in [-0.25, -0.2) is 4.79 Å². The normalized spacial score (nSPS) is 20.6. The van der Waals surface area contributed by atoms with E-state index < -0.39 is 0 Å². The van der Waals surface area contributed by atoms with E-state index in [-0.39, 0.29) is 12.1 Å². The van der Waals surface area contributed by atoms with Gasteiger partial charge in [0.2, 0.25) is 0 Å². The van der Waals surface area contributed by atoms with Crippen LogP contribution in [0.1, 0.15) is 26.7 Å². The maximum absolute atomic E-state index is 11.9. The summed E-state index contributed by atoms with van der Waals surface area (Å²) in [5.74, 6) is 0. The number of nitrogens with zero attached hydrogens (tertiary/aromatic N) is 3. The third kappa shape index (κ3) is 1.98. The van der Waals surface area contributed by atoms with Crippen LogP contribution in [-0.2, 0) is 0 Å². The lowest BCUT2D eigenvalue weighted by molar-refractivity contribution is 0.160. The average Bonchev–Trinajstić information content (AvgIpc) is 2.67. The van der Waals surface area contributed by atoms with E-state index in [0.717, 1.165) is 19.4 Å². The van der Waals surface area contributed by atoms with Gasteiger partial charge in [-0.2, -0.15) is 5.26 Å². The number of rotatable bonds is 2. The van der Waals surface area contributed by atoms with Crippen LogP contribution in [0.3, 0.4) is 0 Å². The Hall–Kier alpha value is -1.24. The van der Waals surface area contributed by atoms with Crippen molar-refractivity contribution < 1.29 is 4.79 Å². The molecule has 0 spiro atoms. The van der Waals surface area contributed by atoms with Crippen LogP contribution in [0.2, 0.25) is 0 Å². The van der Waals surface area contributed by atoms with Gasteiger partial charge in [-0.3, -0.25) is 0 Å². The number of hydrogen-bond donors (Lipinski definition) is 0. The third-order valence-electron chi connectivity index (χ3n) is 2.68. The van der Waals surface area contributed by atoms with Crippen LogP contribution in [0.4, 0.5) is 4.79 Å². The zero-order chi connectivity index (χ0) is 10.6. The molecular weight excluding hydrogens is 178 g/mol. The van der Waals surface area contributed by atoms with Gasteiger partial charge in [-0.1, -0.05) is 0 Å². The molecule has 1 aliphatic rings. The molecule has 0 aliphatic carbocycles. The number of likely N-dealkylation sites (tertiary alicyclic amines) is 1. The zero-order valence-electron chi connectivity index (χ0n) is 8.86. The second-order valence-electron chi connectivity index (χ2n) is 3.44. The first-order valence-corrected chi connectivity index (χ1v) is 5.19. The summed E-state index contributed by atoms with van der Waals surface area (Å²) in [4.78, 5) is 15.3. The number of amides is 2. The van der Waals surface area contributed by atoms with E-state index in [1.165, 1.54) is 0 Å². The van der Waals surface area contributed by atoms with Crippen molar-refractivity contribution in [2.45, 2.75) is 32.7 Å². The van der Waals surface area contributed by atoms with Gasteiger partial charge < -0.3 is 9.80 Å². The molecule has 0 aromatic rings. The Labute approximate surface area is 85.1 Å². The lowest BCUT2D eigenvalue weighted by atomic mass is 10.2. The summed E-state index contributed by atoms with van der Waals surface area (Å²) in [6.07, 6.45) is 1.77. The van der Waals surface area contributed by atoms with E-state index in [0.29, 0.717) is 13.1 Å². The standard InChI is InChI=1S/C10H17N3O/c1-3-12(4-2)10(14)13-7-5-6-9(13)8-11/h9H,3-7H2,1-2H3. The molecule has 0 N–H and O–H groups in total. The molecule has 0 bridgehead atoms. The molecule has 4 heteroatoms. The van der Waals surface area contributed by atoms with Crippen molar-refractivity contribution in [2.75, 3.05) is 19.6 Å². The van der Waals surface area contributed by atoms with Gasteiger partial charge in [0, 0.05) is 19.6 Å². The van der Waals surface area contributed by atoms with Gasteiger partial charge in [0.1, 0.15) is 6.04 Å². The van der Waals surface area contributed by atoms with Crippen LogP contribution < -0.4 is 0 Å². The molecule has 0 saturated carbocycles. The summed E-state index contributed by atoms with van der Waals surface area (Å²) in [5, 5.41) is 8.85. The SMILES string of the molecule is CCN(CC)C(=O)N1CCCC1C#N. The number of hydrogen-bond acceptors (Lipinski definition) is 2. The van der Waals surface area contributed by atoms with Crippen molar-refractivity contribution in [3.05, 3.63) is 0 Å². The summed E-state index contributed by atoms with van der Waals surface area (Å²) in [6.45, 7) is 6.07. The molecule has 14 heavy (non-hydrogen) atoms. The summed E-state index contributed by atoms with van der Waals surface area (Å²) in [7, 11) is 0. The summed E-state index contributed by atoms with van der Waals surface area (Å²) < 4.78 is 0. The van der Waals surface area contributed by atoms with Gasteiger partial charge >= 0.3 is 6.03 Å². The molecule has 1 atom stereocenters. The quantitative estimate of drug-likeness (QED) is 0.669. The fraction of sp³-hybridized carbons (Fsp3) is 0.800. The second kappa shape index (κ2) is 4.85. The molecule has 0 aromatic carbocycles. The van der Waals surface area contributed by atoms with E-state index in [1.807, 2.05) is 13.8 Å². The summed E-state index contributed by atoms with van der Waals surface area (Å²) in [6, 6.07) is 1.98. The molecule has 1 fully saturated rings. The fourth-order valence-corrected chi connectivity index (χ4v) is 1.81. The van der Waals surface area contributed by atoms with Crippen molar-refractivity contribution in [3.63, 3.8) is 0 Å². The maximum Gasteiger partial charge on any atom is 0.321 e. The van der Waals surface area contributed by atoms with E-state index in [9.17, 15) is 4.79 Å². The second-order valence-corrected chi connectivity index (χ2v) is 3.44. The van der Waals surface area contributed by atoms with Crippen molar-refractivity contribution in [2.24, 2.45) is 0 Å². The minimum absolute atomic E-state index is 0.0130. The van der Waals surface area contributed by atoms with Crippen molar-refractivity contribution in [1.29, 1.82) is 5.26 Å². The van der Waals surface area contributed by atoms with Crippen LogP contribution >= 0.6 is 0 Å². The smallest absolute Gasteiger partial charge is 0.321 e. The Morgan fingerprint density at radius 1 is 1.57 bits per heavy atom. The number of carbonyl (C=O) groups is 1. The highest BCUT2D eigenvalue weighted by Crippen LogP contribution is 2.18. The largest absolute Gasteiger partial charge is 0.325 e. The van der Waals surface area contributed by atoms with E-state index in [2.05, 4.69) is 6.07 Å². The minimum atomic E-state index is -0.205. The molecule has 78 valence electrons. The first kappa shape index (κ1) is 10.8. The maximum atomic E-state index is 11.9. The molecule has 0 aromatic heterocycles. The molecule has 1 heterocycles. The summed E-state index contributed by atoms with van der Waals surface area (Å²) >= 11 is 0. The van der Waals surface area contributed by atoms with E-state index in [4.69, 9.17) is 5.26 Å². The number of nitriles is 1. The van der Waals surface area contributed by atoms with Gasteiger partial charge in [-0.15, -0.1) is 0 Å². The topological polar surface area (TPSA) is 47.3 Å². The van der Waals surface area contributed by atoms with Crippen molar-refractivity contribution >= 4 is 6.03 Å². The molecule has 0 radical (unpaired) electrons. The molecule has 1 rings (SSSR count). The fourth-order valence-electron chi connectivity index (χ4n) is 1.81. The van der Waals surface area contributed by atoms with Gasteiger partial charge in [0.05, 0.1) is 6.07 Å². The number of urea groups is 1. The predicted molar refractivity (Wildman–Crippen MR) is 53.7 cm³/mol. The highest BCUT2D eigenvalue weighted by molar-refractivity contribution is 5.75. The lowest BCUT2D eigenvalue weighted by Crippen LogP contribution is -2.44. The Bertz CT molecular complexity index is 242. The Morgan fingerprint density at radius 2 is 2.21 bits per heavy atom. The van der Waals surface area contributed by atoms with E-state index in [1.54, 1.807) is 9.80 Å². The van der Waals surface area contributed by atoms with Gasteiger partial charge in [0.15, 0.2) is 0 Å². The predicted octanol–water partition coefficient (Wildman–Crippen LogP) is 1.44. The molecule has 1 saturated heterocycles. The Kier molecular flexibility index (Phi) is 3.75. The first-order chi connectivity index (χ1) is 6.74. The molecular formula is C10H17N3O. The molecule has 4 nitrogen and oxygen atoms in total. The highest BCUT2D eigenvalue weighted by atomic mass is 16.2.